The fourth-order valence-electron chi connectivity index (χ4n) is 2.30. The molecule has 0 radical (unpaired) electrons. The molecule has 3 rings (SSSR count). The number of sulfonamides is 1. The molecule has 1 atom stereocenters. The lowest BCUT2D eigenvalue weighted by Crippen LogP contribution is -2.30. The van der Waals surface area contributed by atoms with Crippen molar-refractivity contribution in [2.75, 3.05) is 25.0 Å². The third kappa shape index (κ3) is 2.26. The van der Waals surface area contributed by atoms with Crippen LogP contribution in [0.25, 0.3) is 0 Å². The Kier molecular flexibility index (Phi) is 3.15. The van der Waals surface area contributed by atoms with Gasteiger partial charge in [-0.05, 0) is 24.6 Å². The Hall–Kier alpha value is -1.64. The lowest BCUT2D eigenvalue weighted by atomic mass is 10.2. The van der Waals surface area contributed by atoms with Crippen LogP contribution in [0.15, 0.2) is 23.1 Å². The smallest absolute Gasteiger partial charge is 0.262 e. The lowest BCUT2D eigenvalue weighted by molar-refractivity contribution is -0.118. The van der Waals surface area contributed by atoms with E-state index in [-0.39, 0.29) is 24.0 Å². The summed E-state index contributed by atoms with van der Waals surface area (Å²) in [5, 5.41) is 12.0. The fraction of sp³-hybridized carbons (Fsp3) is 0.417. The minimum Gasteiger partial charge on any atom is -0.482 e. The molecule has 0 saturated carbocycles. The minimum atomic E-state index is -3.66. The van der Waals surface area contributed by atoms with Crippen LogP contribution in [0, 0.1) is 0 Å². The second kappa shape index (κ2) is 4.72. The summed E-state index contributed by atoms with van der Waals surface area (Å²) in [6.45, 7) is 0.323. The van der Waals surface area contributed by atoms with E-state index in [2.05, 4.69) is 5.32 Å². The van der Waals surface area contributed by atoms with Crippen molar-refractivity contribution in [3.8, 4) is 5.75 Å². The van der Waals surface area contributed by atoms with Crippen LogP contribution in [0.1, 0.15) is 6.42 Å². The Morgan fingerprint density at radius 2 is 2.20 bits per heavy atom. The highest BCUT2D eigenvalue weighted by Crippen LogP contribution is 2.31. The number of hydrogen-bond donors (Lipinski definition) is 2. The van der Waals surface area contributed by atoms with E-state index in [4.69, 9.17) is 4.74 Å². The van der Waals surface area contributed by atoms with Crippen molar-refractivity contribution < 1.29 is 23.1 Å². The number of aliphatic hydroxyl groups is 1. The molecule has 8 heteroatoms. The van der Waals surface area contributed by atoms with Crippen LogP contribution in [0.4, 0.5) is 5.69 Å². The van der Waals surface area contributed by atoms with E-state index in [9.17, 15) is 18.3 Å². The number of anilines is 1. The molecule has 1 amide bonds. The Balaban J connectivity index is 1.94. The molecule has 2 aliphatic heterocycles. The molecule has 0 unspecified atom stereocenters. The van der Waals surface area contributed by atoms with Crippen LogP contribution in [0.3, 0.4) is 0 Å². The number of aliphatic hydroxyl groups excluding tert-OH is 1. The molecule has 0 spiro atoms. The first kappa shape index (κ1) is 13.3. The Bertz CT molecular complexity index is 658. The highest BCUT2D eigenvalue weighted by atomic mass is 32.2. The summed E-state index contributed by atoms with van der Waals surface area (Å²) >= 11 is 0. The highest BCUT2D eigenvalue weighted by Gasteiger charge is 2.32. The highest BCUT2D eigenvalue weighted by molar-refractivity contribution is 7.89. The predicted molar refractivity (Wildman–Crippen MR) is 69.9 cm³/mol. The molecule has 1 aromatic carbocycles. The van der Waals surface area contributed by atoms with Gasteiger partial charge in [0.05, 0.1) is 16.7 Å². The first-order valence-electron chi connectivity index (χ1n) is 6.22. The van der Waals surface area contributed by atoms with E-state index < -0.39 is 16.1 Å². The van der Waals surface area contributed by atoms with Gasteiger partial charge in [-0.1, -0.05) is 0 Å². The largest absolute Gasteiger partial charge is 0.482 e. The van der Waals surface area contributed by atoms with Crippen molar-refractivity contribution in [3.63, 3.8) is 0 Å². The number of fused-ring (bicyclic) bond motifs is 1. The summed E-state index contributed by atoms with van der Waals surface area (Å²) in [7, 11) is -3.66. The van der Waals surface area contributed by atoms with Gasteiger partial charge in [0, 0.05) is 13.1 Å². The van der Waals surface area contributed by atoms with Crippen molar-refractivity contribution in [1.29, 1.82) is 0 Å². The second-order valence-electron chi connectivity index (χ2n) is 4.80. The number of benzene rings is 1. The number of nitrogens with zero attached hydrogens (tertiary/aromatic N) is 1. The van der Waals surface area contributed by atoms with Gasteiger partial charge < -0.3 is 15.2 Å². The minimum absolute atomic E-state index is 0.0720. The average molecular weight is 298 g/mol. The first-order chi connectivity index (χ1) is 9.46. The van der Waals surface area contributed by atoms with Gasteiger partial charge >= 0.3 is 0 Å². The molecule has 2 heterocycles. The van der Waals surface area contributed by atoms with Gasteiger partial charge in [0.15, 0.2) is 6.61 Å². The van der Waals surface area contributed by atoms with Crippen molar-refractivity contribution in [1.82, 2.24) is 4.31 Å². The maximum absolute atomic E-state index is 12.4. The quantitative estimate of drug-likeness (QED) is 0.786. The van der Waals surface area contributed by atoms with Gasteiger partial charge in [0.2, 0.25) is 10.0 Å². The average Bonchev–Trinajstić information content (AvgIpc) is 2.85. The third-order valence-corrected chi connectivity index (χ3v) is 5.21. The number of hydrogen-bond acceptors (Lipinski definition) is 5. The zero-order valence-electron chi connectivity index (χ0n) is 10.6. The molecule has 7 nitrogen and oxygen atoms in total. The molecule has 2 aliphatic rings. The monoisotopic (exact) mass is 298 g/mol. The van der Waals surface area contributed by atoms with Crippen LogP contribution in [-0.4, -0.2) is 49.5 Å². The van der Waals surface area contributed by atoms with Gasteiger partial charge in [0.25, 0.3) is 5.91 Å². The summed E-state index contributed by atoms with van der Waals surface area (Å²) in [5.41, 5.74) is 0.349. The van der Waals surface area contributed by atoms with Crippen molar-refractivity contribution >= 4 is 21.6 Å². The number of β-amino-alcohol motifs (C(OH)–C–C–N with tert-alkyl or cyclic N) is 1. The summed E-state index contributed by atoms with van der Waals surface area (Å²) < 4.78 is 31.2. The van der Waals surface area contributed by atoms with Crippen LogP contribution >= 0.6 is 0 Å². The molecule has 1 aromatic rings. The molecule has 1 saturated heterocycles. The van der Waals surface area contributed by atoms with Gasteiger partial charge in [-0.25, -0.2) is 8.42 Å². The molecule has 0 aromatic heterocycles. The Morgan fingerprint density at radius 3 is 2.90 bits per heavy atom. The molecule has 0 bridgehead atoms. The summed E-state index contributed by atoms with van der Waals surface area (Å²) in [6, 6.07) is 4.34. The Labute approximate surface area is 116 Å². The number of rotatable bonds is 2. The third-order valence-electron chi connectivity index (χ3n) is 3.35. The van der Waals surface area contributed by atoms with E-state index in [1.54, 1.807) is 0 Å². The van der Waals surface area contributed by atoms with Crippen molar-refractivity contribution in [2.24, 2.45) is 0 Å². The Morgan fingerprint density at radius 1 is 1.40 bits per heavy atom. The predicted octanol–water partition coefficient (Wildman–Crippen LogP) is -0.227. The zero-order valence-corrected chi connectivity index (χ0v) is 11.4. The number of carbonyl (C=O) groups is 1. The molecule has 108 valence electrons. The number of ether oxygens (including phenoxy) is 1. The fourth-order valence-corrected chi connectivity index (χ4v) is 3.82. The lowest BCUT2D eigenvalue weighted by Gasteiger charge is -2.20. The van der Waals surface area contributed by atoms with E-state index in [0.717, 1.165) is 0 Å². The van der Waals surface area contributed by atoms with E-state index >= 15 is 0 Å². The van der Waals surface area contributed by atoms with Crippen LogP contribution in [0.5, 0.6) is 5.75 Å². The SMILES string of the molecule is O=C1COc2ccc(S(=O)(=O)N3CC[C@H](O)C3)cc2N1. The molecule has 20 heavy (non-hydrogen) atoms. The van der Waals surface area contributed by atoms with Crippen molar-refractivity contribution in [3.05, 3.63) is 18.2 Å². The maximum Gasteiger partial charge on any atom is 0.262 e. The van der Waals surface area contributed by atoms with Crippen LogP contribution in [-0.2, 0) is 14.8 Å². The molecular formula is C12H14N2O5S. The normalized spacial score (nSPS) is 23.1. The number of carbonyl (C=O) groups excluding carboxylic acids is 1. The molecule has 2 N–H and O–H groups in total. The van der Waals surface area contributed by atoms with E-state index in [1.165, 1.54) is 22.5 Å². The number of amides is 1. The maximum atomic E-state index is 12.4. The van der Waals surface area contributed by atoms with Gasteiger partial charge in [0.1, 0.15) is 5.75 Å². The van der Waals surface area contributed by atoms with Crippen molar-refractivity contribution in [2.45, 2.75) is 17.4 Å². The standard InChI is InChI=1S/C12H14N2O5S/c15-8-3-4-14(6-8)20(17,18)9-1-2-11-10(5-9)13-12(16)7-19-11/h1-2,5,8,15H,3-4,6-7H2,(H,13,16)/t8-/m0/s1. The second-order valence-corrected chi connectivity index (χ2v) is 6.74. The molecule has 1 fully saturated rings. The van der Waals surface area contributed by atoms with Gasteiger partial charge in [-0.2, -0.15) is 4.31 Å². The van der Waals surface area contributed by atoms with Crippen LogP contribution in [0.2, 0.25) is 0 Å². The van der Waals surface area contributed by atoms with Gasteiger partial charge in [-0.3, -0.25) is 4.79 Å². The van der Waals surface area contributed by atoms with E-state index in [1.807, 2.05) is 0 Å². The topological polar surface area (TPSA) is 95.9 Å². The first-order valence-corrected chi connectivity index (χ1v) is 7.66. The number of nitrogens with one attached hydrogen (secondary N) is 1. The summed E-state index contributed by atoms with van der Waals surface area (Å²) in [4.78, 5) is 11.3. The van der Waals surface area contributed by atoms with E-state index in [0.29, 0.717) is 24.4 Å². The van der Waals surface area contributed by atoms with Crippen LogP contribution < -0.4 is 10.1 Å². The zero-order chi connectivity index (χ0) is 14.3. The van der Waals surface area contributed by atoms with Gasteiger partial charge in [-0.15, -0.1) is 0 Å². The summed E-state index contributed by atoms with van der Waals surface area (Å²) in [6.07, 6.45) is -0.185. The molecular weight excluding hydrogens is 284 g/mol. The summed E-state index contributed by atoms with van der Waals surface area (Å²) in [5.74, 6) is 0.133. The molecule has 0 aliphatic carbocycles.